The number of hydrogen-bond donors (Lipinski definition) is 0. The predicted molar refractivity (Wildman–Crippen MR) is 103 cm³/mol. The van der Waals surface area contributed by atoms with Gasteiger partial charge >= 0.3 is 0 Å². The van der Waals surface area contributed by atoms with Crippen LogP contribution in [0.25, 0.3) is 0 Å². The molecule has 0 atom stereocenters. The molecule has 23 heavy (non-hydrogen) atoms. The zero-order valence-electron chi connectivity index (χ0n) is 16.4. The lowest BCUT2D eigenvalue weighted by Gasteiger charge is -2.11. The summed E-state index contributed by atoms with van der Waals surface area (Å²) in [6, 6.07) is 6.81. The van der Waals surface area contributed by atoms with E-state index in [1.54, 1.807) is 0 Å². The minimum atomic E-state index is 0.585. The van der Waals surface area contributed by atoms with Crippen molar-refractivity contribution in [3.05, 3.63) is 63.5 Å². The third-order valence-corrected chi connectivity index (χ3v) is 4.64. The highest BCUT2D eigenvalue weighted by Gasteiger charge is 2.03. The molecule has 1 heterocycles. The maximum atomic E-state index is 4.30. The second kappa shape index (κ2) is 8.29. The maximum absolute atomic E-state index is 4.30. The Morgan fingerprint density at radius 2 is 1.09 bits per heavy atom. The molecule has 0 saturated heterocycles. The molecule has 0 saturated carbocycles. The van der Waals surface area contributed by atoms with Gasteiger partial charge in [-0.3, -0.25) is 4.98 Å². The molecule has 0 bridgehead atoms. The van der Waals surface area contributed by atoms with E-state index in [1.807, 2.05) is 13.1 Å². The van der Waals surface area contributed by atoms with Gasteiger partial charge in [-0.2, -0.15) is 0 Å². The van der Waals surface area contributed by atoms with Gasteiger partial charge in [0.25, 0.3) is 0 Å². The second-order valence-electron chi connectivity index (χ2n) is 7.26. The Bertz CT molecular complexity index is 628. The molecule has 0 aliphatic rings. The summed E-state index contributed by atoms with van der Waals surface area (Å²) >= 11 is 0. The van der Waals surface area contributed by atoms with Gasteiger partial charge in [-0.05, 0) is 79.8 Å². The van der Waals surface area contributed by atoms with E-state index in [-0.39, 0.29) is 0 Å². The standard InChI is InChI=1S/C12H18.C10H15N/c1-8(2)12-6-9(3)11(5)10(4)7-12;1-7(2)10-5-8(3)9(4)11-6-10/h6-8H,1-5H3;5-7H,1-4H3. The summed E-state index contributed by atoms with van der Waals surface area (Å²) in [6.45, 7) is 19.6. The fraction of sp³-hybridized carbons (Fsp3) is 0.500. The van der Waals surface area contributed by atoms with Gasteiger partial charge in [0.05, 0.1) is 0 Å². The molecule has 0 fully saturated rings. The van der Waals surface area contributed by atoms with Crippen molar-refractivity contribution < 1.29 is 0 Å². The molecular weight excluding hydrogens is 278 g/mol. The normalized spacial score (nSPS) is 10.7. The second-order valence-corrected chi connectivity index (χ2v) is 7.26. The molecule has 1 aromatic heterocycles. The van der Waals surface area contributed by atoms with Crippen LogP contribution in [0.5, 0.6) is 0 Å². The molecule has 126 valence electrons. The summed E-state index contributed by atoms with van der Waals surface area (Å²) in [4.78, 5) is 4.30. The molecule has 1 nitrogen and oxygen atoms in total. The summed E-state index contributed by atoms with van der Waals surface area (Å²) in [6.07, 6.45) is 1.97. The maximum Gasteiger partial charge on any atom is 0.0401 e. The van der Waals surface area contributed by atoms with Crippen LogP contribution in [-0.4, -0.2) is 4.98 Å². The van der Waals surface area contributed by atoms with Gasteiger partial charge in [0.15, 0.2) is 0 Å². The number of pyridine rings is 1. The van der Waals surface area contributed by atoms with Crippen molar-refractivity contribution in [1.29, 1.82) is 0 Å². The first-order chi connectivity index (χ1) is 10.6. The van der Waals surface area contributed by atoms with Crippen molar-refractivity contribution in [1.82, 2.24) is 4.98 Å². The molecule has 0 N–H and O–H groups in total. The van der Waals surface area contributed by atoms with Crippen LogP contribution in [0.1, 0.15) is 78.6 Å². The van der Waals surface area contributed by atoms with Gasteiger partial charge in [0, 0.05) is 11.9 Å². The number of nitrogens with zero attached hydrogens (tertiary/aromatic N) is 1. The number of aryl methyl sites for hydroxylation is 4. The number of aromatic nitrogens is 1. The third-order valence-electron chi connectivity index (χ3n) is 4.64. The summed E-state index contributed by atoms with van der Waals surface area (Å²) in [5, 5.41) is 0. The monoisotopic (exact) mass is 311 g/mol. The molecule has 2 aromatic rings. The third kappa shape index (κ3) is 5.49. The highest BCUT2D eigenvalue weighted by molar-refractivity contribution is 5.37. The first-order valence-electron chi connectivity index (χ1n) is 8.64. The quantitative estimate of drug-likeness (QED) is 0.612. The molecule has 0 spiro atoms. The van der Waals surface area contributed by atoms with Gasteiger partial charge in [0.2, 0.25) is 0 Å². The van der Waals surface area contributed by atoms with Crippen molar-refractivity contribution >= 4 is 0 Å². The van der Waals surface area contributed by atoms with Crippen LogP contribution < -0.4 is 0 Å². The smallest absolute Gasteiger partial charge is 0.0401 e. The van der Waals surface area contributed by atoms with E-state index in [0.717, 1.165) is 5.69 Å². The molecule has 0 aliphatic carbocycles. The summed E-state index contributed by atoms with van der Waals surface area (Å²) in [5.74, 6) is 1.23. The first kappa shape index (κ1) is 19.4. The summed E-state index contributed by atoms with van der Waals surface area (Å²) < 4.78 is 0. The van der Waals surface area contributed by atoms with Crippen molar-refractivity contribution in [2.45, 2.75) is 74.1 Å². The Hall–Kier alpha value is -1.63. The average Bonchev–Trinajstić information content (AvgIpc) is 2.47. The lowest BCUT2D eigenvalue weighted by atomic mass is 9.95. The lowest BCUT2D eigenvalue weighted by molar-refractivity contribution is 0.852. The fourth-order valence-corrected chi connectivity index (χ4v) is 2.38. The van der Waals surface area contributed by atoms with Gasteiger partial charge in [-0.25, -0.2) is 0 Å². The fourth-order valence-electron chi connectivity index (χ4n) is 2.38. The van der Waals surface area contributed by atoms with Crippen LogP contribution in [0.2, 0.25) is 0 Å². The molecule has 1 heteroatoms. The van der Waals surface area contributed by atoms with Crippen LogP contribution >= 0.6 is 0 Å². The van der Waals surface area contributed by atoms with Crippen molar-refractivity contribution in [2.75, 3.05) is 0 Å². The van der Waals surface area contributed by atoms with Gasteiger partial charge in [-0.1, -0.05) is 45.9 Å². The van der Waals surface area contributed by atoms with Crippen molar-refractivity contribution in [3.8, 4) is 0 Å². The first-order valence-corrected chi connectivity index (χ1v) is 8.64. The zero-order chi connectivity index (χ0) is 17.7. The molecule has 0 unspecified atom stereocenters. The molecule has 1 aromatic carbocycles. The minimum Gasteiger partial charge on any atom is -0.261 e. The van der Waals surface area contributed by atoms with E-state index >= 15 is 0 Å². The van der Waals surface area contributed by atoms with Crippen LogP contribution in [0, 0.1) is 34.6 Å². The van der Waals surface area contributed by atoms with E-state index < -0.39 is 0 Å². The molecule has 0 aliphatic heterocycles. The molecule has 0 amide bonds. The van der Waals surface area contributed by atoms with E-state index in [2.05, 4.69) is 78.6 Å². The van der Waals surface area contributed by atoms with Gasteiger partial charge in [-0.15, -0.1) is 0 Å². The van der Waals surface area contributed by atoms with Crippen molar-refractivity contribution in [2.24, 2.45) is 0 Å². The molecular formula is C22H33N. The number of hydrogen-bond acceptors (Lipinski definition) is 1. The van der Waals surface area contributed by atoms with Crippen LogP contribution in [0.3, 0.4) is 0 Å². The van der Waals surface area contributed by atoms with E-state index in [4.69, 9.17) is 0 Å². The van der Waals surface area contributed by atoms with Crippen LogP contribution in [0.4, 0.5) is 0 Å². The van der Waals surface area contributed by atoms with Gasteiger partial charge < -0.3 is 0 Å². The summed E-state index contributed by atoms with van der Waals surface area (Å²) in [5.41, 5.74) is 9.46. The highest BCUT2D eigenvalue weighted by Crippen LogP contribution is 2.21. The molecule has 2 rings (SSSR count). The predicted octanol–water partition coefficient (Wildman–Crippen LogP) is 6.56. The minimum absolute atomic E-state index is 0.585. The SMILES string of the molecule is Cc1cc(C(C)C)cc(C)c1C.Cc1cc(C(C)C)cnc1C. The summed E-state index contributed by atoms with van der Waals surface area (Å²) in [7, 11) is 0. The highest BCUT2D eigenvalue weighted by atomic mass is 14.7. The Morgan fingerprint density at radius 1 is 0.652 bits per heavy atom. The number of benzene rings is 1. The Balaban J connectivity index is 0.000000231. The lowest BCUT2D eigenvalue weighted by Crippen LogP contribution is -1.93. The van der Waals surface area contributed by atoms with Crippen molar-refractivity contribution in [3.63, 3.8) is 0 Å². The zero-order valence-corrected chi connectivity index (χ0v) is 16.4. The topological polar surface area (TPSA) is 12.9 Å². The average molecular weight is 312 g/mol. The van der Waals surface area contributed by atoms with E-state index in [9.17, 15) is 0 Å². The Morgan fingerprint density at radius 3 is 1.48 bits per heavy atom. The number of rotatable bonds is 2. The Labute approximate surface area is 143 Å². The van der Waals surface area contributed by atoms with Gasteiger partial charge in [0.1, 0.15) is 0 Å². The Kier molecular flexibility index (Phi) is 7.00. The van der Waals surface area contributed by atoms with E-state index in [0.29, 0.717) is 11.8 Å². The van der Waals surface area contributed by atoms with Crippen LogP contribution in [0.15, 0.2) is 24.4 Å². The van der Waals surface area contributed by atoms with Crippen LogP contribution in [-0.2, 0) is 0 Å². The largest absolute Gasteiger partial charge is 0.261 e. The molecule has 0 radical (unpaired) electrons. The van der Waals surface area contributed by atoms with E-state index in [1.165, 1.54) is 33.4 Å².